The number of benzene rings is 2. The number of halogens is 1. The third-order valence-electron chi connectivity index (χ3n) is 4.61. The van der Waals surface area contributed by atoms with Crippen LogP contribution in [0.4, 0.5) is 10.1 Å². The van der Waals surface area contributed by atoms with Crippen LogP contribution in [0, 0.1) is 5.82 Å². The molecule has 1 heterocycles. The average Bonchev–Trinajstić information content (AvgIpc) is 2.70. The molecule has 0 aliphatic carbocycles. The van der Waals surface area contributed by atoms with Gasteiger partial charge in [0.2, 0.25) is 15.9 Å². The van der Waals surface area contributed by atoms with Gasteiger partial charge in [0.05, 0.1) is 23.7 Å². The van der Waals surface area contributed by atoms with Crippen LogP contribution in [0.3, 0.4) is 0 Å². The Kier molecular flexibility index (Phi) is 6.83. The van der Waals surface area contributed by atoms with Gasteiger partial charge in [-0.1, -0.05) is 12.1 Å². The summed E-state index contributed by atoms with van der Waals surface area (Å²) in [5, 5.41) is 2.84. The lowest BCUT2D eigenvalue weighted by Gasteiger charge is -2.33. The second-order valence-corrected chi connectivity index (χ2v) is 8.55. The van der Waals surface area contributed by atoms with E-state index < -0.39 is 15.8 Å². The molecular formula is C20H24FN3O4S. The Hall–Kier alpha value is -2.49. The maximum absolute atomic E-state index is 13.1. The van der Waals surface area contributed by atoms with E-state index >= 15 is 0 Å². The third kappa shape index (κ3) is 5.31. The number of ether oxygens (including phenoxy) is 1. The summed E-state index contributed by atoms with van der Waals surface area (Å²) in [4.78, 5) is 14.4. The normalized spacial score (nSPS) is 15.8. The summed E-state index contributed by atoms with van der Waals surface area (Å²) in [6.07, 6.45) is 0. The van der Waals surface area contributed by atoms with Crippen LogP contribution in [-0.2, 0) is 14.8 Å². The number of piperazine rings is 1. The van der Waals surface area contributed by atoms with E-state index in [2.05, 4.69) is 5.32 Å². The number of anilines is 1. The van der Waals surface area contributed by atoms with E-state index in [4.69, 9.17) is 4.74 Å². The van der Waals surface area contributed by atoms with Gasteiger partial charge in [-0.3, -0.25) is 9.69 Å². The number of nitrogens with one attached hydrogen (secondary N) is 1. The van der Waals surface area contributed by atoms with Crippen molar-refractivity contribution in [1.82, 2.24) is 9.21 Å². The first-order chi connectivity index (χ1) is 13.9. The van der Waals surface area contributed by atoms with Gasteiger partial charge in [-0.2, -0.15) is 4.31 Å². The molecule has 1 amide bonds. The Labute approximate surface area is 170 Å². The zero-order valence-electron chi connectivity index (χ0n) is 16.2. The highest BCUT2D eigenvalue weighted by Crippen LogP contribution is 2.23. The van der Waals surface area contributed by atoms with Crippen molar-refractivity contribution in [3.05, 3.63) is 54.3 Å². The van der Waals surface area contributed by atoms with Gasteiger partial charge in [0.1, 0.15) is 11.6 Å². The summed E-state index contributed by atoms with van der Waals surface area (Å²) in [5.41, 5.74) is 0.608. The van der Waals surface area contributed by atoms with E-state index in [0.717, 1.165) is 12.1 Å². The minimum absolute atomic E-state index is 0.0672. The van der Waals surface area contributed by atoms with Crippen LogP contribution in [0.15, 0.2) is 53.4 Å². The number of amides is 1. The van der Waals surface area contributed by atoms with Gasteiger partial charge < -0.3 is 10.1 Å². The number of rotatable bonds is 7. The highest BCUT2D eigenvalue weighted by Gasteiger charge is 2.29. The van der Waals surface area contributed by atoms with Gasteiger partial charge in [0, 0.05) is 26.2 Å². The van der Waals surface area contributed by atoms with Crippen molar-refractivity contribution in [2.45, 2.75) is 11.8 Å². The number of hydrogen-bond donors (Lipinski definition) is 1. The molecule has 1 saturated heterocycles. The number of carbonyl (C=O) groups excluding carboxylic acids is 1. The van der Waals surface area contributed by atoms with Crippen LogP contribution in [-0.4, -0.2) is 62.9 Å². The summed E-state index contributed by atoms with van der Waals surface area (Å²) in [6.45, 7) is 3.92. The van der Waals surface area contributed by atoms with Crippen LogP contribution >= 0.6 is 0 Å². The molecule has 0 bridgehead atoms. The zero-order valence-corrected chi connectivity index (χ0v) is 17.0. The summed E-state index contributed by atoms with van der Waals surface area (Å²) < 4.78 is 45.2. The summed E-state index contributed by atoms with van der Waals surface area (Å²) in [6, 6.07) is 12.0. The van der Waals surface area contributed by atoms with Gasteiger partial charge in [-0.05, 0) is 43.3 Å². The minimum atomic E-state index is -3.67. The molecule has 1 N–H and O–H groups in total. The summed E-state index contributed by atoms with van der Waals surface area (Å²) >= 11 is 0. The fourth-order valence-corrected chi connectivity index (χ4v) is 4.55. The van der Waals surface area contributed by atoms with Crippen molar-refractivity contribution in [2.75, 3.05) is 44.6 Å². The number of carbonyl (C=O) groups is 1. The van der Waals surface area contributed by atoms with E-state index in [9.17, 15) is 17.6 Å². The molecule has 0 aromatic heterocycles. The second-order valence-electron chi connectivity index (χ2n) is 6.61. The highest BCUT2D eigenvalue weighted by molar-refractivity contribution is 7.89. The smallest absolute Gasteiger partial charge is 0.243 e. The number of nitrogens with zero attached hydrogens (tertiary/aromatic N) is 2. The SMILES string of the molecule is CCOc1ccccc1NC(=O)CN1CCN(S(=O)(=O)c2ccc(F)cc2)CC1. The Morgan fingerprint density at radius 1 is 1.07 bits per heavy atom. The topological polar surface area (TPSA) is 79.0 Å². The molecule has 2 aromatic carbocycles. The molecule has 1 aliphatic heterocycles. The first-order valence-electron chi connectivity index (χ1n) is 9.40. The second kappa shape index (κ2) is 9.34. The lowest BCUT2D eigenvalue weighted by Crippen LogP contribution is -2.50. The van der Waals surface area contributed by atoms with E-state index in [1.54, 1.807) is 12.1 Å². The molecule has 1 aliphatic rings. The number of sulfonamides is 1. The molecular weight excluding hydrogens is 397 g/mol. The van der Waals surface area contributed by atoms with Crippen LogP contribution in [0.5, 0.6) is 5.75 Å². The quantitative estimate of drug-likeness (QED) is 0.741. The van der Waals surface area contributed by atoms with Gasteiger partial charge >= 0.3 is 0 Å². The van der Waals surface area contributed by atoms with E-state index in [1.165, 1.54) is 16.4 Å². The standard InChI is InChI=1S/C20H24FN3O4S/c1-2-28-19-6-4-3-5-18(19)22-20(25)15-23-11-13-24(14-12-23)29(26,27)17-9-7-16(21)8-10-17/h3-10H,2,11-15H2,1H3,(H,22,25). The molecule has 9 heteroatoms. The molecule has 2 aromatic rings. The molecule has 156 valence electrons. The van der Waals surface area contributed by atoms with E-state index in [-0.39, 0.29) is 30.4 Å². The molecule has 1 fully saturated rings. The van der Waals surface area contributed by atoms with Crippen LogP contribution in [0.1, 0.15) is 6.92 Å². The maximum atomic E-state index is 13.1. The minimum Gasteiger partial charge on any atom is -0.492 e. The van der Waals surface area contributed by atoms with Crippen molar-refractivity contribution in [3.8, 4) is 5.75 Å². The number of hydrogen-bond acceptors (Lipinski definition) is 5. The van der Waals surface area contributed by atoms with E-state index in [0.29, 0.717) is 31.1 Å². The van der Waals surface area contributed by atoms with Gasteiger partial charge in [-0.25, -0.2) is 12.8 Å². The predicted molar refractivity (Wildman–Crippen MR) is 108 cm³/mol. The van der Waals surface area contributed by atoms with Crippen LogP contribution in [0.2, 0.25) is 0 Å². The largest absolute Gasteiger partial charge is 0.492 e. The lowest BCUT2D eigenvalue weighted by atomic mass is 10.3. The molecule has 0 unspecified atom stereocenters. The fourth-order valence-electron chi connectivity index (χ4n) is 3.13. The molecule has 0 radical (unpaired) electrons. The van der Waals surface area contributed by atoms with Crippen molar-refractivity contribution >= 4 is 21.6 Å². The Morgan fingerprint density at radius 3 is 2.38 bits per heavy atom. The molecule has 29 heavy (non-hydrogen) atoms. The Morgan fingerprint density at radius 2 is 1.72 bits per heavy atom. The van der Waals surface area contributed by atoms with E-state index in [1.807, 2.05) is 24.0 Å². The van der Waals surface area contributed by atoms with Crippen LogP contribution in [0.25, 0.3) is 0 Å². The van der Waals surface area contributed by atoms with Crippen molar-refractivity contribution in [1.29, 1.82) is 0 Å². The monoisotopic (exact) mass is 421 g/mol. The first kappa shape index (κ1) is 21.2. The average molecular weight is 421 g/mol. The van der Waals surface area contributed by atoms with Gasteiger partial charge in [0.25, 0.3) is 0 Å². The molecule has 3 rings (SSSR count). The van der Waals surface area contributed by atoms with Crippen molar-refractivity contribution in [3.63, 3.8) is 0 Å². The third-order valence-corrected chi connectivity index (χ3v) is 6.52. The molecule has 0 atom stereocenters. The Bertz CT molecular complexity index is 942. The predicted octanol–water partition coefficient (Wildman–Crippen LogP) is 2.17. The summed E-state index contributed by atoms with van der Waals surface area (Å²) in [7, 11) is -3.67. The van der Waals surface area contributed by atoms with Crippen LogP contribution < -0.4 is 10.1 Å². The first-order valence-corrected chi connectivity index (χ1v) is 10.8. The van der Waals surface area contributed by atoms with Gasteiger partial charge in [0.15, 0.2) is 0 Å². The van der Waals surface area contributed by atoms with Crippen molar-refractivity contribution < 1.29 is 22.3 Å². The van der Waals surface area contributed by atoms with Crippen molar-refractivity contribution in [2.24, 2.45) is 0 Å². The summed E-state index contributed by atoms with van der Waals surface area (Å²) in [5.74, 6) is -0.0590. The molecule has 0 spiro atoms. The lowest BCUT2D eigenvalue weighted by molar-refractivity contribution is -0.117. The highest BCUT2D eigenvalue weighted by atomic mass is 32.2. The number of para-hydroxylation sites is 2. The maximum Gasteiger partial charge on any atom is 0.243 e. The zero-order chi connectivity index (χ0) is 20.9. The molecule has 7 nitrogen and oxygen atoms in total. The van der Waals surface area contributed by atoms with Gasteiger partial charge in [-0.15, -0.1) is 0 Å². The fraction of sp³-hybridized carbons (Fsp3) is 0.350. The molecule has 0 saturated carbocycles. The Balaban J connectivity index is 1.54.